The van der Waals surface area contributed by atoms with Gasteiger partial charge in [-0.3, -0.25) is 0 Å². The van der Waals surface area contributed by atoms with E-state index >= 15 is 0 Å². The van der Waals surface area contributed by atoms with Crippen molar-refractivity contribution in [2.75, 3.05) is 17.3 Å². The molecule has 0 radical (unpaired) electrons. The first-order chi connectivity index (χ1) is 7.75. The van der Waals surface area contributed by atoms with Gasteiger partial charge in [0.05, 0.1) is 0 Å². The molecule has 0 saturated carbocycles. The van der Waals surface area contributed by atoms with Crippen LogP contribution in [0.1, 0.15) is 20.8 Å². The Labute approximate surface area is 99.2 Å². The van der Waals surface area contributed by atoms with Crippen molar-refractivity contribution in [3.05, 3.63) is 30.3 Å². The molecule has 2 rings (SSSR count). The molecule has 0 N–H and O–H groups in total. The minimum absolute atomic E-state index is 0.717. The maximum Gasteiger partial charge on any atom is 0.144 e. The Hall–Kier alpha value is -0.890. The molecule has 88 valence electrons. The fraction of sp³-hybridized carbons (Fsp3) is 0.429. The summed E-state index contributed by atoms with van der Waals surface area (Å²) in [5.41, 5.74) is 1.03. The molecule has 1 aromatic carbocycles. The average Bonchev–Trinajstić information content (AvgIpc) is 2.76. The van der Waals surface area contributed by atoms with Crippen LogP contribution >= 0.6 is 10.0 Å². The van der Waals surface area contributed by atoms with Crippen LogP contribution in [-0.2, 0) is 0 Å². The van der Waals surface area contributed by atoms with E-state index in [0.29, 0.717) is 0 Å². The smallest absolute Gasteiger partial charge is 0.144 e. The Morgan fingerprint density at radius 2 is 1.62 bits per heavy atom. The molecule has 0 amide bonds. The van der Waals surface area contributed by atoms with Gasteiger partial charge in [-0.1, -0.05) is 39.0 Å². The average molecular weight is 236 g/mol. The highest BCUT2D eigenvalue weighted by Gasteiger charge is 2.24. The fourth-order valence-corrected chi connectivity index (χ4v) is 4.93. The van der Waals surface area contributed by atoms with E-state index in [9.17, 15) is 0 Å². The summed E-state index contributed by atoms with van der Waals surface area (Å²) < 4.78 is 6.04. The highest BCUT2D eigenvalue weighted by Crippen LogP contribution is 2.56. The molecule has 1 aromatic heterocycles. The highest BCUT2D eigenvalue weighted by molar-refractivity contribution is 8.33. The van der Waals surface area contributed by atoms with Crippen LogP contribution in [0, 0.1) is 0 Å². The van der Waals surface area contributed by atoms with Crippen LogP contribution in [0.2, 0.25) is 0 Å². The number of furan rings is 1. The number of para-hydroxylation sites is 1. The molecule has 1 nitrogen and oxygen atoms in total. The molecule has 0 bridgehead atoms. The maximum atomic E-state index is 6.04. The topological polar surface area (TPSA) is 13.1 Å². The van der Waals surface area contributed by atoms with Crippen molar-refractivity contribution >= 4 is 21.0 Å². The summed E-state index contributed by atoms with van der Waals surface area (Å²) >= 11 is 0. The minimum Gasteiger partial charge on any atom is -0.451 e. The standard InChI is InChI=1S/C14H20OS/c1-4-16(5-2,6-3)14-11-12-9-7-8-10-13(12)15-14/h7-11H,4-6H2,1-3H3. The molecule has 16 heavy (non-hydrogen) atoms. The summed E-state index contributed by atoms with van der Waals surface area (Å²) in [7, 11) is -0.717. The van der Waals surface area contributed by atoms with Gasteiger partial charge in [0.25, 0.3) is 0 Å². The number of hydrogen-bond acceptors (Lipinski definition) is 1. The Balaban J connectivity index is 2.53. The van der Waals surface area contributed by atoms with Gasteiger partial charge in [0.15, 0.2) is 0 Å². The second-order valence-electron chi connectivity index (χ2n) is 4.01. The third kappa shape index (κ3) is 1.75. The van der Waals surface area contributed by atoms with E-state index in [-0.39, 0.29) is 0 Å². The Morgan fingerprint density at radius 3 is 2.19 bits per heavy atom. The quantitative estimate of drug-likeness (QED) is 0.752. The summed E-state index contributed by atoms with van der Waals surface area (Å²) in [5, 5.41) is 2.48. The molecule has 0 aliphatic rings. The Bertz CT molecular complexity index is 427. The second kappa shape index (κ2) is 4.54. The molecular weight excluding hydrogens is 216 g/mol. The third-order valence-electron chi connectivity index (χ3n) is 3.49. The summed E-state index contributed by atoms with van der Waals surface area (Å²) in [5.74, 6) is 3.67. The number of fused-ring (bicyclic) bond motifs is 1. The molecule has 0 saturated heterocycles. The monoisotopic (exact) mass is 236 g/mol. The summed E-state index contributed by atoms with van der Waals surface area (Å²) in [6.45, 7) is 6.86. The van der Waals surface area contributed by atoms with Crippen molar-refractivity contribution in [3.63, 3.8) is 0 Å². The molecule has 0 aliphatic carbocycles. The third-order valence-corrected chi connectivity index (χ3v) is 7.86. The van der Waals surface area contributed by atoms with E-state index in [2.05, 4.69) is 45.0 Å². The molecule has 0 aliphatic heterocycles. The second-order valence-corrected chi connectivity index (χ2v) is 8.24. The minimum atomic E-state index is -0.717. The zero-order valence-electron chi connectivity index (χ0n) is 10.3. The van der Waals surface area contributed by atoms with Gasteiger partial charge in [0.2, 0.25) is 0 Å². The lowest BCUT2D eigenvalue weighted by atomic mass is 10.3. The van der Waals surface area contributed by atoms with Gasteiger partial charge in [-0.15, -0.1) is 0 Å². The highest BCUT2D eigenvalue weighted by atomic mass is 32.3. The Morgan fingerprint density at radius 1 is 1.00 bits per heavy atom. The first kappa shape index (κ1) is 11.6. The van der Waals surface area contributed by atoms with E-state index in [1.165, 1.54) is 27.7 Å². The van der Waals surface area contributed by atoms with Crippen LogP contribution in [0.4, 0.5) is 0 Å². The Kier molecular flexibility index (Phi) is 3.29. The van der Waals surface area contributed by atoms with Crippen LogP contribution in [0.5, 0.6) is 0 Å². The number of benzene rings is 1. The van der Waals surface area contributed by atoms with Crippen LogP contribution in [0.25, 0.3) is 11.0 Å². The van der Waals surface area contributed by atoms with E-state index in [4.69, 9.17) is 4.42 Å². The van der Waals surface area contributed by atoms with Gasteiger partial charge in [-0.25, -0.2) is 0 Å². The molecule has 0 atom stereocenters. The normalized spacial score (nSPS) is 13.2. The molecule has 0 unspecified atom stereocenters. The van der Waals surface area contributed by atoms with Crippen LogP contribution in [-0.4, -0.2) is 17.3 Å². The van der Waals surface area contributed by atoms with Crippen molar-refractivity contribution in [1.29, 1.82) is 0 Å². The van der Waals surface area contributed by atoms with Gasteiger partial charge in [0, 0.05) is 5.39 Å². The van der Waals surface area contributed by atoms with E-state index in [1.54, 1.807) is 0 Å². The van der Waals surface area contributed by atoms with Crippen LogP contribution < -0.4 is 0 Å². The zero-order valence-corrected chi connectivity index (χ0v) is 11.1. The number of hydrogen-bond donors (Lipinski definition) is 0. The molecular formula is C14H20OS. The van der Waals surface area contributed by atoms with E-state index in [0.717, 1.165) is 5.58 Å². The fourth-order valence-electron chi connectivity index (χ4n) is 2.21. The van der Waals surface area contributed by atoms with Crippen molar-refractivity contribution in [2.45, 2.75) is 25.9 Å². The molecule has 1 heterocycles. The van der Waals surface area contributed by atoms with E-state index in [1.807, 2.05) is 6.07 Å². The van der Waals surface area contributed by atoms with Crippen molar-refractivity contribution in [1.82, 2.24) is 0 Å². The predicted molar refractivity (Wildman–Crippen MR) is 73.7 cm³/mol. The largest absolute Gasteiger partial charge is 0.451 e. The van der Waals surface area contributed by atoms with Gasteiger partial charge in [0.1, 0.15) is 10.7 Å². The lowest BCUT2D eigenvalue weighted by Gasteiger charge is -2.34. The van der Waals surface area contributed by atoms with Crippen LogP contribution in [0.15, 0.2) is 39.8 Å². The number of rotatable bonds is 4. The van der Waals surface area contributed by atoms with Crippen molar-refractivity contribution in [2.24, 2.45) is 0 Å². The summed E-state index contributed by atoms with van der Waals surface area (Å²) in [6.07, 6.45) is 0. The predicted octanol–water partition coefficient (Wildman–Crippen LogP) is 4.66. The lowest BCUT2D eigenvalue weighted by Crippen LogP contribution is -2.08. The zero-order chi connectivity index (χ0) is 11.6. The van der Waals surface area contributed by atoms with Gasteiger partial charge in [-0.05, 0) is 29.4 Å². The van der Waals surface area contributed by atoms with Crippen molar-refractivity contribution < 1.29 is 4.42 Å². The lowest BCUT2D eigenvalue weighted by molar-refractivity contribution is 0.510. The van der Waals surface area contributed by atoms with Crippen LogP contribution in [0.3, 0.4) is 0 Å². The SMILES string of the molecule is CCS(CC)(CC)c1cc2ccccc2o1. The first-order valence-electron chi connectivity index (χ1n) is 6.00. The molecule has 2 aromatic rings. The first-order valence-corrected chi connectivity index (χ1v) is 8.14. The molecule has 0 fully saturated rings. The maximum absolute atomic E-state index is 6.04. The van der Waals surface area contributed by atoms with Crippen molar-refractivity contribution in [3.8, 4) is 0 Å². The van der Waals surface area contributed by atoms with Gasteiger partial charge >= 0.3 is 0 Å². The van der Waals surface area contributed by atoms with Gasteiger partial charge in [-0.2, -0.15) is 10.0 Å². The molecule has 0 spiro atoms. The van der Waals surface area contributed by atoms with Gasteiger partial charge < -0.3 is 4.42 Å². The summed E-state index contributed by atoms with van der Waals surface area (Å²) in [6, 6.07) is 10.6. The summed E-state index contributed by atoms with van der Waals surface area (Å²) in [4.78, 5) is 0. The molecule has 2 heteroatoms. The van der Waals surface area contributed by atoms with E-state index < -0.39 is 10.0 Å².